The maximum atomic E-state index is 12.7. The van der Waals surface area contributed by atoms with Crippen molar-refractivity contribution >= 4 is 17.9 Å². The molecular weight excluding hydrogens is 697 g/mol. The number of hydrogen-bond acceptors (Lipinski definition) is 6. The average molecular weight is 793 g/mol. The van der Waals surface area contributed by atoms with Gasteiger partial charge in [0.05, 0.1) is 0 Å². The summed E-state index contributed by atoms with van der Waals surface area (Å²) in [5.41, 5.74) is 0. The van der Waals surface area contributed by atoms with Crippen molar-refractivity contribution < 1.29 is 28.6 Å². The van der Waals surface area contributed by atoms with Crippen LogP contribution in [0.25, 0.3) is 0 Å². The van der Waals surface area contributed by atoms with E-state index in [0.717, 1.165) is 57.8 Å². The van der Waals surface area contributed by atoms with Gasteiger partial charge in [0.15, 0.2) is 6.10 Å². The highest BCUT2D eigenvalue weighted by molar-refractivity contribution is 5.71. The Morgan fingerprint density at radius 1 is 0.286 bits per heavy atom. The first-order chi connectivity index (χ1) is 27.5. The molecule has 0 rings (SSSR count). The third-order valence-electron chi connectivity index (χ3n) is 11.4. The molecule has 0 saturated heterocycles. The summed E-state index contributed by atoms with van der Waals surface area (Å²) < 4.78 is 16.7. The highest BCUT2D eigenvalue weighted by Gasteiger charge is 2.19. The number of ether oxygens (including phenoxy) is 3. The zero-order valence-corrected chi connectivity index (χ0v) is 37.9. The number of unbranched alkanes of at least 4 members (excludes halogenated alkanes) is 35. The molecule has 0 aliphatic carbocycles. The third kappa shape index (κ3) is 43.5. The fourth-order valence-corrected chi connectivity index (χ4v) is 7.56. The van der Waals surface area contributed by atoms with E-state index in [4.69, 9.17) is 14.2 Å². The first-order valence-electron chi connectivity index (χ1n) is 25.0. The van der Waals surface area contributed by atoms with Crippen molar-refractivity contribution in [3.05, 3.63) is 0 Å². The summed E-state index contributed by atoms with van der Waals surface area (Å²) in [4.78, 5) is 37.7. The van der Waals surface area contributed by atoms with E-state index in [0.29, 0.717) is 19.3 Å². The summed E-state index contributed by atoms with van der Waals surface area (Å²) in [5, 5.41) is 0. The lowest BCUT2D eigenvalue weighted by Gasteiger charge is -2.18. The predicted octanol–water partition coefficient (Wildman–Crippen LogP) is 16.0. The molecule has 0 radical (unpaired) electrons. The first kappa shape index (κ1) is 54.4. The van der Waals surface area contributed by atoms with Gasteiger partial charge in [-0.2, -0.15) is 0 Å². The molecule has 0 aromatic heterocycles. The topological polar surface area (TPSA) is 78.9 Å². The van der Waals surface area contributed by atoms with Gasteiger partial charge in [-0.1, -0.05) is 245 Å². The molecule has 0 saturated carbocycles. The summed E-state index contributed by atoms with van der Waals surface area (Å²) in [6, 6.07) is 0. The second-order valence-electron chi connectivity index (χ2n) is 17.1. The van der Waals surface area contributed by atoms with Crippen LogP contribution in [0.5, 0.6) is 0 Å². The Bertz CT molecular complexity index is 828. The molecule has 0 heterocycles. The summed E-state index contributed by atoms with van der Waals surface area (Å²) in [7, 11) is 0. The van der Waals surface area contributed by atoms with Crippen molar-refractivity contribution in [3.63, 3.8) is 0 Å². The predicted molar refractivity (Wildman–Crippen MR) is 238 cm³/mol. The lowest BCUT2D eigenvalue weighted by atomic mass is 10.0. The van der Waals surface area contributed by atoms with Gasteiger partial charge in [-0.25, -0.2) is 0 Å². The molecular formula is C50H96O6. The minimum absolute atomic E-state index is 0.0625. The van der Waals surface area contributed by atoms with Gasteiger partial charge in [-0.3, -0.25) is 14.4 Å². The zero-order valence-electron chi connectivity index (χ0n) is 37.9. The number of carbonyl (C=O) groups excluding carboxylic acids is 3. The van der Waals surface area contributed by atoms with Crippen LogP contribution < -0.4 is 0 Å². The third-order valence-corrected chi connectivity index (χ3v) is 11.4. The fraction of sp³-hybridized carbons (Fsp3) is 0.940. The Kier molecular flexibility index (Phi) is 44.8. The van der Waals surface area contributed by atoms with Crippen molar-refractivity contribution in [2.45, 2.75) is 290 Å². The number of esters is 3. The van der Waals surface area contributed by atoms with Crippen molar-refractivity contribution in [1.82, 2.24) is 0 Å². The minimum atomic E-state index is -0.758. The highest BCUT2D eigenvalue weighted by Crippen LogP contribution is 2.16. The fourth-order valence-electron chi connectivity index (χ4n) is 7.56. The standard InChI is InChI=1S/C50H96O6/c1-4-7-10-13-16-19-21-22-23-24-25-26-27-28-29-32-34-37-40-43-49(52)55-46-47(45-54-48(51)42-39-36-33-30-18-15-12-9-6-3)56-50(53)44-41-38-35-31-20-17-14-11-8-5-2/h47H,4-46H2,1-3H3/t47-/m1/s1. The van der Waals surface area contributed by atoms with E-state index < -0.39 is 6.10 Å². The van der Waals surface area contributed by atoms with Gasteiger partial charge in [0.25, 0.3) is 0 Å². The van der Waals surface area contributed by atoms with Crippen molar-refractivity contribution in [3.8, 4) is 0 Å². The molecule has 0 amide bonds. The molecule has 0 aromatic rings. The number of hydrogen-bond donors (Lipinski definition) is 0. The minimum Gasteiger partial charge on any atom is -0.462 e. The summed E-state index contributed by atoms with van der Waals surface area (Å²) in [6.07, 6.45) is 48.1. The monoisotopic (exact) mass is 793 g/mol. The molecule has 56 heavy (non-hydrogen) atoms. The lowest BCUT2D eigenvalue weighted by Crippen LogP contribution is -2.30. The van der Waals surface area contributed by atoms with E-state index in [-0.39, 0.29) is 31.1 Å². The van der Waals surface area contributed by atoms with Crippen LogP contribution in [0.15, 0.2) is 0 Å². The van der Waals surface area contributed by atoms with Crippen molar-refractivity contribution in [1.29, 1.82) is 0 Å². The molecule has 0 aliphatic rings. The Morgan fingerprint density at radius 3 is 0.714 bits per heavy atom. The first-order valence-corrected chi connectivity index (χ1v) is 25.0. The molecule has 0 unspecified atom stereocenters. The second-order valence-corrected chi connectivity index (χ2v) is 17.1. The Balaban J connectivity index is 4.18. The Labute approximate surface area is 348 Å². The summed E-state index contributed by atoms with van der Waals surface area (Å²) in [6.45, 7) is 6.64. The lowest BCUT2D eigenvalue weighted by molar-refractivity contribution is -0.167. The maximum Gasteiger partial charge on any atom is 0.306 e. The van der Waals surface area contributed by atoms with Gasteiger partial charge in [0, 0.05) is 19.3 Å². The van der Waals surface area contributed by atoms with E-state index >= 15 is 0 Å². The molecule has 6 nitrogen and oxygen atoms in total. The molecule has 0 bridgehead atoms. The van der Waals surface area contributed by atoms with Crippen LogP contribution in [0.3, 0.4) is 0 Å². The largest absolute Gasteiger partial charge is 0.462 e. The van der Waals surface area contributed by atoms with E-state index in [1.807, 2.05) is 0 Å². The van der Waals surface area contributed by atoms with E-state index in [9.17, 15) is 14.4 Å². The number of carbonyl (C=O) groups is 3. The van der Waals surface area contributed by atoms with Gasteiger partial charge in [-0.05, 0) is 19.3 Å². The van der Waals surface area contributed by atoms with Crippen LogP contribution in [-0.4, -0.2) is 37.2 Å². The van der Waals surface area contributed by atoms with E-state index in [1.54, 1.807) is 0 Å². The Morgan fingerprint density at radius 2 is 0.482 bits per heavy atom. The van der Waals surface area contributed by atoms with Crippen LogP contribution in [0.4, 0.5) is 0 Å². The normalized spacial score (nSPS) is 11.8. The molecule has 0 aliphatic heterocycles. The van der Waals surface area contributed by atoms with Crippen molar-refractivity contribution in [2.75, 3.05) is 13.2 Å². The van der Waals surface area contributed by atoms with Crippen LogP contribution in [0.2, 0.25) is 0 Å². The van der Waals surface area contributed by atoms with Crippen molar-refractivity contribution in [2.24, 2.45) is 0 Å². The van der Waals surface area contributed by atoms with E-state index in [2.05, 4.69) is 20.8 Å². The van der Waals surface area contributed by atoms with Crippen LogP contribution in [0.1, 0.15) is 284 Å². The van der Waals surface area contributed by atoms with Gasteiger partial charge in [0.2, 0.25) is 0 Å². The van der Waals surface area contributed by atoms with Crippen LogP contribution in [0, 0.1) is 0 Å². The smallest absolute Gasteiger partial charge is 0.306 e. The molecule has 0 aromatic carbocycles. The van der Waals surface area contributed by atoms with Gasteiger partial charge in [-0.15, -0.1) is 0 Å². The van der Waals surface area contributed by atoms with Gasteiger partial charge < -0.3 is 14.2 Å². The van der Waals surface area contributed by atoms with Crippen LogP contribution in [-0.2, 0) is 28.6 Å². The average Bonchev–Trinajstić information content (AvgIpc) is 3.19. The van der Waals surface area contributed by atoms with Gasteiger partial charge in [0.1, 0.15) is 13.2 Å². The maximum absolute atomic E-state index is 12.7. The second kappa shape index (κ2) is 46.1. The molecule has 0 fully saturated rings. The molecule has 6 heteroatoms. The highest BCUT2D eigenvalue weighted by atomic mass is 16.6. The molecule has 1 atom stereocenters. The molecule has 0 N–H and O–H groups in total. The SMILES string of the molecule is CCCCCCCCCCCCCCCCCCCCCC(=O)OC[C@@H](COC(=O)CCCCCCCCCCC)OC(=O)CCCCCCCCCCCC. The van der Waals surface area contributed by atoms with Gasteiger partial charge >= 0.3 is 17.9 Å². The molecule has 0 spiro atoms. The van der Waals surface area contributed by atoms with Crippen LogP contribution >= 0.6 is 0 Å². The Hall–Kier alpha value is -1.59. The summed E-state index contributed by atoms with van der Waals surface area (Å²) >= 11 is 0. The quantitative estimate of drug-likeness (QED) is 0.0347. The number of rotatable bonds is 46. The van der Waals surface area contributed by atoms with E-state index in [1.165, 1.54) is 186 Å². The zero-order chi connectivity index (χ0) is 40.8. The summed E-state index contributed by atoms with van der Waals surface area (Å²) in [5.74, 6) is -0.850. The molecule has 332 valence electrons.